The lowest BCUT2D eigenvalue weighted by molar-refractivity contribution is 0.0860. The number of nitrogens with zero attached hydrogens (tertiary/aromatic N) is 1. The molecule has 5 nitrogen and oxygen atoms in total. The maximum absolute atomic E-state index is 12.8. The third-order valence-corrected chi connectivity index (χ3v) is 4.85. The molecule has 0 aliphatic carbocycles. The van der Waals surface area contributed by atoms with Gasteiger partial charge in [0.05, 0.1) is 16.1 Å². The Hall–Kier alpha value is -1.92. The first-order chi connectivity index (χ1) is 11.8. The van der Waals surface area contributed by atoms with Gasteiger partial charge in [-0.05, 0) is 18.2 Å². The minimum atomic E-state index is -0.557. The molecule has 0 radical (unpaired) electrons. The number of halogens is 1. The molecule has 7 heteroatoms. The standard InChI is InChI=1S/C19H23ClN2O3S/c1-18(2,3)14-13(15(24)19(4,5)6)26-17(21-14)22-16(25)11-9-10(20)7-8-12(11)23/h7-9,23H,1-6H3,(H,21,22,25). The fourth-order valence-corrected chi connectivity index (χ4v) is 3.72. The van der Waals surface area contributed by atoms with E-state index in [1.807, 2.05) is 41.5 Å². The minimum Gasteiger partial charge on any atom is -0.507 e. The highest BCUT2D eigenvalue weighted by molar-refractivity contribution is 7.17. The Morgan fingerprint density at radius 3 is 2.31 bits per heavy atom. The average Bonchev–Trinajstić information content (AvgIpc) is 2.91. The van der Waals surface area contributed by atoms with Crippen LogP contribution in [0.2, 0.25) is 5.02 Å². The minimum absolute atomic E-state index is 0.0222. The van der Waals surface area contributed by atoms with Gasteiger partial charge in [-0.2, -0.15) is 0 Å². The second-order valence-electron chi connectivity index (χ2n) is 8.14. The number of anilines is 1. The molecule has 140 valence electrons. The van der Waals surface area contributed by atoms with Crippen molar-refractivity contribution < 1.29 is 14.7 Å². The number of ketones is 1. The number of thiazole rings is 1. The summed E-state index contributed by atoms with van der Waals surface area (Å²) in [6.07, 6.45) is 0. The highest BCUT2D eigenvalue weighted by Gasteiger charge is 2.33. The number of phenolic OH excluding ortho intramolecular Hbond substituents is 1. The summed E-state index contributed by atoms with van der Waals surface area (Å²) in [6.45, 7) is 11.5. The van der Waals surface area contributed by atoms with Crippen molar-refractivity contribution in [3.8, 4) is 5.75 Å². The van der Waals surface area contributed by atoms with Crippen molar-refractivity contribution in [1.29, 1.82) is 0 Å². The first-order valence-corrected chi connectivity index (χ1v) is 9.36. The lowest BCUT2D eigenvalue weighted by atomic mass is 9.84. The van der Waals surface area contributed by atoms with E-state index in [9.17, 15) is 14.7 Å². The van der Waals surface area contributed by atoms with Crippen molar-refractivity contribution in [3.63, 3.8) is 0 Å². The molecule has 0 unspecified atom stereocenters. The fourth-order valence-electron chi connectivity index (χ4n) is 2.23. The summed E-state index contributed by atoms with van der Waals surface area (Å²) in [5, 5.41) is 13.2. The van der Waals surface area contributed by atoms with Crippen LogP contribution >= 0.6 is 22.9 Å². The zero-order chi connectivity index (χ0) is 19.9. The van der Waals surface area contributed by atoms with Crippen LogP contribution in [0.5, 0.6) is 5.75 Å². The third-order valence-electron chi connectivity index (χ3n) is 3.65. The first-order valence-electron chi connectivity index (χ1n) is 8.16. The number of Topliss-reactive ketones (excluding diaryl/α,β-unsaturated/α-hetero) is 1. The molecule has 0 saturated heterocycles. The van der Waals surface area contributed by atoms with Crippen LogP contribution in [0.4, 0.5) is 5.13 Å². The van der Waals surface area contributed by atoms with Gasteiger partial charge in [-0.25, -0.2) is 4.98 Å². The van der Waals surface area contributed by atoms with Gasteiger partial charge in [0.1, 0.15) is 5.75 Å². The Kier molecular flexibility index (Phi) is 5.49. The Balaban J connectivity index is 2.42. The number of aromatic nitrogens is 1. The van der Waals surface area contributed by atoms with Gasteiger partial charge in [0, 0.05) is 15.9 Å². The summed E-state index contributed by atoms with van der Waals surface area (Å²) in [4.78, 5) is 30.3. The van der Waals surface area contributed by atoms with Gasteiger partial charge in [-0.15, -0.1) is 0 Å². The van der Waals surface area contributed by atoms with Crippen molar-refractivity contribution >= 4 is 39.8 Å². The first kappa shape index (κ1) is 20.4. The molecular formula is C19H23ClN2O3S. The van der Waals surface area contributed by atoms with Gasteiger partial charge in [-0.1, -0.05) is 64.5 Å². The van der Waals surface area contributed by atoms with E-state index in [0.717, 1.165) is 11.3 Å². The van der Waals surface area contributed by atoms with Crippen molar-refractivity contribution in [3.05, 3.63) is 39.4 Å². The van der Waals surface area contributed by atoms with E-state index in [0.29, 0.717) is 20.7 Å². The summed E-state index contributed by atoms with van der Waals surface area (Å²) in [5.41, 5.74) is -0.214. The van der Waals surface area contributed by atoms with E-state index in [4.69, 9.17) is 11.6 Å². The zero-order valence-electron chi connectivity index (χ0n) is 15.7. The van der Waals surface area contributed by atoms with Crippen LogP contribution in [-0.2, 0) is 5.41 Å². The molecule has 0 aliphatic rings. The smallest absolute Gasteiger partial charge is 0.261 e. The molecule has 2 aromatic rings. The van der Waals surface area contributed by atoms with E-state index < -0.39 is 11.3 Å². The number of phenols is 1. The number of nitrogens with one attached hydrogen (secondary N) is 1. The van der Waals surface area contributed by atoms with Gasteiger partial charge in [0.15, 0.2) is 10.9 Å². The third kappa shape index (κ3) is 4.43. The molecular weight excluding hydrogens is 372 g/mol. The summed E-state index contributed by atoms with van der Waals surface area (Å²) in [5.74, 6) is -0.731. The Labute approximate surface area is 162 Å². The average molecular weight is 395 g/mol. The molecule has 0 saturated carbocycles. The largest absolute Gasteiger partial charge is 0.507 e. The molecule has 1 aromatic heterocycles. The van der Waals surface area contributed by atoms with Crippen LogP contribution in [0.15, 0.2) is 18.2 Å². The Morgan fingerprint density at radius 1 is 1.15 bits per heavy atom. The molecule has 2 rings (SSSR count). The zero-order valence-corrected chi connectivity index (χ0v) is 17.3. The lowest BCUT2D eigenvalue weighted by Crippen LogP contribution is -2.24. The van der Waals surface area contributed by atoms with Gasteiger partial charge in [-0.3, -0.25) is 14.9 Å². The van der Waals surface area contributed by atoms with Gasteiger partial charge in [0.25, 0.3) is 5.91 Å². The van der Waals surface area contributed by atoms with E-state index >= 15 is 0 Å². The molecule has 0 aliphatic heterocycles. The lowest BCUT2D eigenvalue weighted by Gasteiger charge is -2.21. The summed E-state index contributed by atoms with van der Waals surface area (Å²) >= 11 is 7.04. The van der Waals surface area contributed by atoms with Crippen LogP contribution in [-0.4, -0.2) is 21.8 Å². The predicted molar refractivity (Wildman–Crippen MR) is 106 cm³/mol. The molecule has 26 heavy (non-hydrogen) atoms. The number of carbonyl (C=O) groups is 2. The second-order valence-corrected chi connectivity index (χ2v) is 9.58. The van der Waals surface area contributed by atoms with Gasteiger partial charge in [0.2, 0.25) is 0 Å². The summed E-state index contributed by atoms with van der Waals surface area (Å²) in [7, 11) is 0. The highest BCUT2D eigenvalue weighted by atomic mass is 35.5. The number of hydrogen-bond donors (Lipinski definition) is 2. The number of hydrogen-bond acceptors (Lipinski definition) is 5. The fraction of sp³-hybridized carbons (Fsp3) is 0.421. The number of aromatic hydroxyl groups is 1. The van der Waals surface area contributed by atoms with E-state index in [-0.39, 0.29) is 22.5 Å². The maximum atomic E-state index is 12.8. The number of amides is 1. The van der Waals surface area contributed by atoms with Gasteiger partial charge >= 0.3 is 0 Å². The van der Waals surface area contributed by atoms with Crippen LogP contribution in [0.25, 0.3) is 0 Å². The van der Waals surface area contributed by atoms with E-state index in [1.165, 1.54) is 18.2 Å². The monoisotopic (exact) mass is 394 g/mol. The van der Waals surface area contributed by atoms with Crippen molar-refractivity contribution in [2.45, 2.75) is 47.0 Å². The molecule has 1 aromatic carbocycles. The molecule has 1 amide bonds. The van der Waals surface area contributed by atoms with Crippen LogP contribution in [0.3, 0.4) is 0 Å². The number of rotatable bonds is 3. The topological polar surface area (TPSA) is 79.3 Å². The van der Waals surface area contributed by atoms with Gasteiger partial charge < -0.3 is 5.11 Å². The van der Waals surface area contributed by atoms with Crippen LogP contribution in [0.1, 0.15) is 67.3 Å². The normalized spacial score (nSPS) is 12.1. The quantitative estimate of drug-likeness (QED) is 0.694. The van der Waals surface area contributed by atoms with Crippen molar-refractivity contribution in [2.75, 3.05) is 5.32 Å². The summed E-state index contributed by atoms with van der Waals surface area (Å²) in [6, 6.07) is 4.23. The summed E-state index contributed by atoms with van der Waals surface area (Å²) < 4.78 is 0. The number of benzene rings is 1. The van der Waals surface area contributed by atoms with E-state index in [1.54, 1.807) is 0 Å². The maximum Gasteiger partial charge on any atom is 0.261 e. The molecule has 0 atom stereocenters. The van der Waals surface area contributed by atoms with Crippen LogP contribution < -0.4 is 5.32 Å². The van der Waals surface area contributed by atoms with Crippen molar-refractivity contribution in [1.82, 2.24) is 4.98 Å². The Morgan fingerprint density at radius 2 is 1.77 bits per heavy atom. The van der Waals surface area contributed by atoms with E-state index in [2.05, 4.69) is 10.3 Å². The highest BCUT2D eigenvalue weighted by Crippen LogP contribution is 2.36. The molecule has 2 N–H and O–H groups in total. The predicted octanol–water partition coefficient (Wildman–Crippen LogP) is 5.28. The second kappa shape index (κ2) is 7.00. The molecule has 0 fully saturated rings. The molecule has 1 heterocycles. The number of carbonyl (C=O) groups excluding carboxylic acids is 2. The Bertz CT molecular complexity index is 861. The van der Waals surface area contributed by atoms with Crippen molar-refractivity contribution in [2.24, 2.45) is 5.41 Å². The SMILES string of the molecule is CC(C)(C)C(=O)c1sc(NC(=O)c2cc(Cl)ccc2O)nc1C(C)(C)C. The van der Waals surface area contributed by atoms with Crippen LogP contribution in [0, 0.1) is 5.41 Å². The molecule has 0 bridgehead atoms. The molecule has 0 spiro atoms.